The topological polar surface area (TPSA) is 156 Å². The van der Waals surface area contributed by atoms with Crippen LogP contribution < -0.4 is 28.3 Å². The van der Waals surface area contributed by atoms with E-state index in [1.165, 1.54) is 28.1 Å². The first-order valence-electron chi connectivity index (χ1n) is 12.4. The highest BCUT2D eigenvalue weighted by Gasteiger charge is 2.21. The molecule has 3 aromatic carbocycles. The zero-order valence-electron chi connectivity index (χ0n) is 21.5. The Morgan fingerprint density at radius 3 is 1.79 bits per heavy atom. The van der Waals surface area contributed by atoms with Gasteiger partial charge < -0.3 is 0 Å². The van der Waals surface area contributed by atoms with Crippen LogP contribution in [0.1, 0.15) is 31.0 Å². The third kappa shape index (κ3) is 9.83. The van der Waals surface area contributed by atoms with E-state index in [1.807, 2.05) is 24.3 Å². The average molecular weight is 571 g/mol. The first kappa shape index (κ1) is 30.4. The number of nitrogens with two attached hydrogens (primary N) is 1. The number of rotatable bonds is 9. The lowest BCUT2D eigenvalue weighted by atomic mass is 9.99. The number of sulfonamides is 1. The van der Waals surface area contributed by atoms with Crippen LogP contribution in [0, 0.1) is 10.2 Å². The van der Waals surface area contributed by atoms with E-state index in [0.29, 0.717) is 0 Å². The highest BCUT2D eigenvalue weighted by molar-refractivity contribution is 7.89. The van der Waals surface area contributed by atoms with E-state index in [0.717, 1.165) is 37.8 Å². The standard InChI is InChI=1S/C29H31N2O2S.ClHO4/c1-2-3-14-27-21-26(24-10-6-4-7-11-24)22-29(25-12-8-5-9-13-25)31(27)20-19-23-15-17-28(18-16-23)34(30,32)33;2-1(3,4)5/h4-13,15-18,21-22H,2-3,14,19-20H2,1H3,(H2,30,32,33);(H,2,3,4,5)/q+1;/p-1. The SMILES string of the molecule is CCCCc1cc(-c2ccccc2)cc(-c2ccccc2)[n+]1CCc1ccc(S(N)(=O)=O)cc1.[O-][Cl+3]([O-])([O-])[O-]. The van der Waals surface area contributed by atoms with Gasteiger partial charge in [-0.15, -0.1) is 10.2 Å². The second kappa shape index (κ2) is 13.8. The lowest BCUT2D eigenvalue weighted by Crippen LogP contribution is -2.68. The second-order valence-electron chi connectivity index (χ2n) is 8.92. The van der Waals surface area contributed by atoms with E-state index < -0.39 is 20.3 Å². The first-order valence-corrected chi connectivity index (χ1v) is 15.1. The third-order valence-corrected chi connectivity index (χ3v) is 7.02. The quantitative estimate of drug-likeness (QED) is 0.293. The first-order chi connectivity index (χ1) is 18.5. The Hall–Kier alpha value is -3.15. The van der Waals surface area contributed by atoms with Gasteiger partial charge in [0.25, 0.3) is 0 Å². The van der Waals surface area contributed by atoms with Crippen molar-refractivity contribution >= 4 is 10.0 Å². The molecule has 0 spiro atoms. The van der Waals surface area contributed by atoms with Crippen LogP contribution in [-0.4, -0.2) is 8.42 Å². The molecule has 0 radical (unpaired) electrons. The molecule has 0 amide bonds. The van der Waals surface area contributed by atoms with E-state index in [-0.39, 0.29) is 4.90 Å². The molecule has 0 aliphatic carbocycles. The number of hydrogen-bond acceptors (Lipinski definition) is 6. The molecule has 0 fully saturated rings. The molecule has 0 atom stereocenters. The van der Waals surface area contributed by atoms with Crippen molar-refractivity contribution in [3.8, 4) is 22.4 Å². The molecule has 1 heterocycles. The fourth-order valence-electron chi connectivity index (χ4n) is 4.24. The largest absolute Gasteiger partial charge is 0.238 e. The fourth-order valence-corrected chi connectivity index (χ4v) is 4.76. The molecule has 4 rings (SSSR count). The Bertz CT molecular complexity index is 1440. The van der Waals surface area contributed by atoms with Gasteiger partial charge in [-0.1, -0.05) is 74.0 Å². The number of benzene rings is 3. The van der Waals surface area contributed by atoms with Crippen LogP contribution >= 0.6 is 0 Å². The van der Waals surface area contributed by atoms with E-state index in [4.69, 9.17) is 23.8 Å². The van der Waals surface area contributed by atoms with Gasteiger partial charge in [-0.05, 0) is 47.4 Å². The molecule has 0 saturated heterocycles. The molecule has 0 unspecified atom stereocenters. The Morgan fingerprint density at radius 2 is 1.28 bits per heavy atom. The van der Waals surface area contributed by atoms with Gasteiger partial charge in [0.05, 0.1) is 4.90 Å². The number of aromatic nitrogens is 1. The number of aryl methyl sites for hydroxylation is 2. The Morgan fingerprint density at radius 1 is 0.744 bits per heavy atom. The van der Waals surface area contributed by atoms with Crippen LogP contribution in [0.3, 0.4) is 0 Å². The summed E-state index contributed by atoms with van der Waals surface area (Å²) in [7, 11) is -8.63. The maximum absolute atomic E-state index is 11.6. The molecule has 4 aromatic rings. The molecule has 0 saturated carbocycles. The lowest BCUT2D eigenvalue weighted by molar-refractivity contribution is -2.00. The molecular weight excluding hydrogens is 540 g/mol. The zero-order valence-corrected chi connectivity index (χ0v) is 23.1. The van der Waals surface area contributed by atoms with E-state index in [2.05, 4.69) is 72.2 Å². The van der Waals surface area contributed by atoms with Gasteiger partial charge >= 0.3 is 0 Å². The van der Waals surface area contributed by atoms with E-state index in [9.17, 15) is 8.42 Å². The van der Waals surface area contributed by atoms with Gasteiger partial charge in [-0.2, -0.15) is 4.57 Å². The summed E-state index contributed by atoms with van der Waals surface area (Å²) in [5.41, 5.74) is 7.19. The zero-order chi connectivity index (χ0) is 28.5. The minimum Gasteiger partial charge on any atom is -0.225 e. The number of pyridine rings is 1. The van der Waals surface area contributed by atoms with Crippen LogP contribution in [-0.2, 0) is 29.4 Å². The van der Waals surface area contributed by atoms with Crippen molar-refractivity contribution in [2.24, 2.45) is 5.14 Å². The summed E-state index contributed by atoms with van der Waals surface area (Å²) < 4.78 is 59.6. The summed E-state index contributed by atoms with van der Waals surface area (Å²) in [6, 6.07) is 32.5. The van der Waals surface area contributed by atoms with Gasteiger partial charge in [0.1, 0.15) is 0 Å². The van der Waals surface area contributed by atoms with Crippen molar-refractivity contribution in [3.05, 3.63) is 108 Å². The van der Waals surface area contributed by atoms with E-state index >= 15 is 0 Å². The maximum Gasteiger partial charge on any atom is 0.238 e. The number of hydrogen-bond donors (Lipinski definition) is 1. The number of nitrogens with zero attached hydrogens (tertiary/aromatic N) is 1. The molecule has 206 valence electrons. The van der Waals surface area contributed by atoms with Gasteiger partial charge in [-0.25, -0.2) is 32.2 Å². The van der Waals surface area contributed by atoms with Crippen LogP contribution in [0.2, 0.25) is 0 Å². The van der Waals surface area contributed by atoms with Crippen molar-refractivity contribution in [2.45, 2.75) is 44.0 Å². The predicted molar refractivity (Wildman–Crippen MR) is 138 cm³/mol. The maximum atomic E-state index is 11.6. The van der Waals surface area contributed by atoms with Crippen LogP contribution in [0.25, 0.3) is 22.4 Å². The second-order valence-corrected chi connectivity index (χ2v) is 11.2. The molecule has 0 aliphatic rings. The van der Waals surface area contributed by atoms with Crippen molar-refractivity contribution in [1.82, 2.24) is 0 Å². The molecule has 8 nitrogen and oxygen atoms in total. The van der Waals surface area contributed by atoms with Gasteiger partial charge in [0.2, 0.25) is 15.7 Å². The van der Waals surface area contributed by atoms with Crippen molar-refractivity contribution in [1.29, 1.82) is 0 Å². The summed E-state index contributed by atoms with van der Waals surface area (Å²) >= 11 is 0. The molecule has 39 heavy (non-hydrogen) atoms. The van der Waals surface area contributed by atoms with Crippen molar-refractivity contribution < 1.29 is 41.9 Å². The van der Waals surface area contributed by atoms with Crippen molar-refractivity contribution in [2.75, 3.05) is 0 Å². The Balaban J connectivity index is 0.000000771. The summed E-state index contributed by atoms with van der Waals surface area (Å²) in [5.74, 6) is 0. The molecule has 0 bridgehead atoms. The molecule has 0 aliphatic heterocycles. The molecule has 2 N–H and O–H groups in total. The summed E-state index contributed by atoms with van der Waals surface area (Å²) in [5, 5.41) is 5.25. The number of halogens is 1. The molecular formula is C29H31ClN2O6S. The van der Waals surface area contributed by atoms with Crippen LogP contribution in [0.15, 0.2) is 102 Å². The average Bonchev–Trinajstić information content (AvgIpc) is 2.90. The smallest absolute Gasteiger partial charge is 0.225 e. The summed E-state index contributed by atoms with van der Waals surface area (Å²) in [6.45, 7) is 3.02. The summed E-state index contributed by atoms with van der Waals surface area (Å²) in [6.07, 6.45) is 4.04. The predicted octanol–water partition coefficient (Wildman–Crippen LogP) is 0.785. The summed E-state index contributed by atoms with van der Waals surface area (Å²) in [4.78, 5) is 0.143. The normalized spacial score (nSPS) is 11.5. The third-order valence-electron chi connectivity index (χ3n) is 6.09. The number of primary sulfonamides is 1. The fraction of sp³-hybridized carbons (Fsp3) is 0.207. The van der Waals surface area contributed by atoms with Crippen molar-refractivity contribution in [3.63, 3.8) is 0 Å². The molecule has 10 heteroatoms. The minimum atomic E-state index is -4.94. The number of unbranched alkanes of at least 4 members (excludes halogenated alkanes) is 1. The van der Waals surface area contributed by atoms with E-state index in [1.54, 1.807) is 12.1 Å². The van der Waals surface area contributed by atoms with Gasteiger partial charge in [0.15, 0.2) is 12.2 Å². The monoisotopic (exact) mass is 570 g/mol. The van der Waals surface area contributed by atoms with Crippen LogP contribution in [0.5, 0.6) is 0 Å². The highest BCUT2D eigenvalue weighted by Crippen LogP contribution is 2.26. The Labute approximate surface area is 231 Å². The van der Waals surface area contributed by atoms with Gasteiger partial charge in [-0.3, -0.25) is 0 Å². The van der Waals surface area contributed by atoms with Crippen LogP contribution in [0.4, 0.5) is 0 Å². The van der Waals surface area contributed by atoms with Gasteiger partial charge in [0, 0.05) is 30.5 Å². The minimum absolute atomic E-state index is 0.143. The Kier molecular flexibility index (Phi) is 10.7. The molecule has 1 aromatic heterocycles. The lowest BCUT2D eigenvalue weighted by Gasteiger charge is -2.17. The highest BCUT2D eigenvalue weighted by atomic mass is 35.7.